The summed E-state index contributed by atoms with van der Waals surface area (Å²) < 4.78 is 0. The van der Waals surface area contributed by atoms with Gasteiger partial charge < -0.3 is 15.5 Å². The number of piperidine rings is 1. The summed E-state index contributed by atoms with van der Waals surface area (Å²) in [7, 11) is 0. The van der Waals surface area contributed by atoms with Gasteiger partial charge in [0.1, 0.15) is 0 Å². The molecule has 2 atom stereocenters. The minimum Gasteiger partial charge on any atom is -0.352 e. The van der Waals surface area contributed by atoms with E-state index in [0.29, 0.717) is 12.1 Å². The molecule has 1 aromatic carbocycles. The number of likely N-dealkylation sites (tertiary alicyclic amines) is 1. The predicted octanol–water partition coefficient (Wildman–Crippen LogP) is 1.33. The Morgan fingerprint density at radius 2 is 2.00 bits per heavy atom. The number of carbonyl (C=O) groups excluding carboxylic acids is 2. The summed E-state index contributed by atoms with van der Waals surface area (Å²) in [4.78, 5) is 26.9. The molecule has 124 valence electrons. The quantitative estimate of drug-likeness (QED) is 0.884. The number of nitrogens with zero attached hydrogens (tertiary/aromatic N) is 1. The second kappa shape index (κ2) is 7.13. The smallest absolute Gasteiger partial charge is 0.253 e. The van der Waals surface area contributed by atoms with E-state index < -0.39 is 0 Å². The highest BCUT2D eigenvalue weighted by molar-refractivity contribution is 5.94. The molecule has 2 amide bonds. The van der Waals surface area contributed by atoms with Crippen LogP contribution in [0.2, 0.25) is 0 Å². The van der Waals surface area contributed by atoms with E-state index in [1.54, 1.807) is 0 Å². The van der Waals surface area contributed by atoms with Gasteiger partial charge in [-0.2, -0.15) is 0 Å². The van der Waals surface area contributed by atoms with Crippen LogP contribution >= 0.6 is 0 Å². The van der Waals surface area contributed by atoms with E-state index in [9.17, 15) is 9.59 Å². The van der Waals surface area contributed by atoms with E-state index in [4.69, 9.17) is 0 Å². The van der Waals surface area contributed by atoms with E-state index in [1.807, 2.05) is 36.1 Å². The second-order valence-corrected chi connectivity index (χ2v) is 6.65. The summed E-state index contributed by atoms with van der Waals surface area (Å²) in [5, 5.41) is 6.37. The zero-order valence-corrected chi connectivity index (χ0v) is 13.7. The van der Waals surface area contributed by atoms with Gasteiger partial charge in [-0.3, -0.25) is 9.59 Å². The van der Waals surface area contributed by atoms with Gasteiger partial charge >= 0.3 is 0 Å². The van der Waals surface area contributed by atoms with Crippen molar-refractivity contribution in [3.63, 3.8) is 0 Å². The maximum Gasteiger partial charge on any atom is 0.253 e. The molecule has 2 saturated heterocycles. The topological polar surface area (TPSA) is 61.4 Å². The molecule has 0 bridgehead atoms. The Hall–Kier alpha value is -1.88. The Morgan fingerprint density at radius 3 is 2.70 bits per heavy atom. The number of amides is 2. The zero-order valence-electron chi connectivity index (χ0n) is 13.7. The summed E-state index contributed by atoms with van der Waals surface area (Å²) in [5.41, 5.74) is 1.85. The number of hydrogen-bond acceptors (Lipinski definition) is 3. The third-order valence-corrected chi connectivity index (χ3v) is 4.78. The van der Waals surface area contributed by atoms with Gasteiger partial charge in [0.05, 0.1) is 5.92 Å². The van der Waals surface area contributed by atoms with Crippen LogP contribution in [-0.4, -0.2) is 48.9 Å². The monoisotopic (exact) mass is 315 g/mol. The fraction of sp³-hybridized carbons (Fsp3) is 0.556. The molecular weight excluding hydrogens is 290 g/mol. The predicted molar refractivity (Wildman–Crippen MR) is 89.2 cm³/mol. The summed E-state index contributed by atoms with van der Waals surface area (Å²) >= 11 is 0. The zero-order chi connectivity index (χ0) is 16.2. The molecule has 2 unspecified atom stereocenters. The summed E-state index contributed by atoms with van der Waals surface area (Å²) in [6.07, 6.45) is 2.74. The molecule has 0 saturated carbocycles. The van der Waals surface area contributed by atoms with Gasteiger partial charge in [0.15, 0.2) is 0 Å². The number of carbonyl (C=O) groups is 2. The number of aryl methyl sites for hydroxylation is 1. The number of benzene rings is 1. The molecule has 2 N–H and O–H groups in total. The van der Waals surface area contributed by atoms with Crippen molar-refractivity contribution in [3.8, 4) is 0 Å². The minimum absolute atomic E-state index is 0.0324. The van der Waals surface area contributed by atoms with E-state index >= 15 is 0 Å². The Balaban J connectivity index is 1.59. The Kier molecular flexibility index (Phi) is 4.96. The van der Waals surface area contributed by atoms with Crippen molar-refractivity contribution in [3.05, 3.63) is 35.4 Å². The largest absolute Gasteiger partial charge is 0.352 e. The highest BCUT2D eigenvalue weighted by Crippen LogP contribution is 2.19. The van der Waals surface area contributed by atoms with Gasteiger partial charge in [-0.25, -0.2) is 0 Å². The number of hydrogen-bond donors (Lipinski definition) is 2. The summed E-state index contributed by atoms with van der Waals surface area (Å²) in [5.74, 6) is 0.0453. The van der Waals surface area contributed by atoms with Crippen LogP contribution in [-0.2, 0) is 4.79 Å². The van der Waals surface area contributed by atoms with Crippen molar-refractivity contribution in [2.24, 2.45) is 5.92 Å². The SMILES string of the molecule is Cc1ccc(C(=O)N2CCCC(C(=O)NC3CCNC3)C2)cc1. The highest BCUT2D eigenvalue weighted by atomic mass is 16.2. The molecule has 0 radical (unpaired) electrons. The Morgan fingerprint density at radius 1 is 1.22 bits per heavy atom. The van der Waals surface area contributed by atoms with Crippen LogP contribution in [0.15, 0.2) is 24.3 Å². The molecule has 2 heterocycles. The average Bonchev–Trinajstić information content (AvgIpc) is 3.08. The molecule has 0 aromatic heterocycles. The van der Waals surface area contributed by atoms with E-state index in [1.165, 1.54) is 0 Å². The lowest BCUT2D eigenvalue weighted by Crippen LogP contribution is -2.48. The van der Waals surface area contributed by atoms with Crippen molar-refractivity contribution in [2.75, 3.05) is 26.2 Å². The first-order chi connectivity index (χ1) is 11.1. The van der Waals surface area contributed by atoms with Crippen LogP contribution in [0.5, 0.6) is 0 Å². The van der Waals surface area contributed by atoms with Crippen molar-refractivity contribution in [1.82, 2.24) is 15.5 Å². The van der Waals surface area contributed by atoms with Gasteiger partial charge in [-0.15, -0.1) is 0 Å². The maximum absolute atomic E-state index is 12.6. The van der Waals surface area contributed by atoms with Gasteiger partial charge in [0.2, 0.25) is 5.91 Å². The standard InChI is InChI=1S/C18H25N3O2/c1-13-4-6-14(7-5-13)18(23)21-10-2-3-15(12-21)17(22)20-16-8-9-19-11-16/h4-7,15-16,19H,2-3,8-12H2,1H3,(H,20,22). The molecule has 2 aliphatic rings. The van der Waals surface area contributed by atoms with Gasteiger partial charge in [-0.05, 0) is 44.9 Å². The first kappa shape index (κ1) is 16.0. The number of rotatable bonds is 3. The van der Waals surface area contributed by atoms with Crippen LogP contribution in [0.25, 0.3) is 0 Å². The highest BCUT2D eigenvalue weighted by Gasteiger charge is 2.30. The van der Waals surface area contributed by atoms with E-state index in [2.05, 4.69) is 10.6 Å². The first-order valence-corrected chi connectivity index (χ1v) is 8.50. The van der Waals surface area contributed by atoms with Crippen molar-refractivity contribution in [2.45, 2.75) is 32.2 Å². The average molecular weight is 315 g/mol. The van der Waals surface area contributed by atoms with Gasteiger partial charge in [0, 0.05) is 31.2 Å². The Labute approximate surface area is 137 Å². The lowest BCUT2D eigenvalue weighted by molar-refractivity contribution is -0.126. The lowest BCUT2D eigenvalue weighted by Gasteiger charge is -2.32. The third-order valence-electron chi connectivity index (χ3n) is 4.78. The fourth-order valence-corrected chi connectivity index (χ4v) is 3.35. The summed E-state index contributed by atoms with van der Waals surface area (Å²) in [6, 6.07) is 7.88. The van der Waals surface area contributed by atoms with Crippen LogP contribution in [0.1, 0.15) is 35.2 Å². The normalized spacial score (nSPS) is 24.5. The minimum atomic E-state index is -0.0845. The molecule has 3 rings (SSSR count). The van der Waals surface area contributed by atoms with E-state index in [-0.39, 0.29) is 23.8 Å². The lowest BCUT2D eigenvalue weighted by atomic mass is 9.96. The van der Waals surface area contributed by atoms with Crippen LogP contribution in [0, 0.1) is 12.8 Å². The molecule has 0 aliphatic carbocycles. The molecular formula is C18H25N3O2. The molecule has 5 nitrogen and oxygen atoms in total. The number of nitrogens with one attached hydrogen (secondary N) is 2. The molecule has 2 fully saturated rings. The third kappa shape index (κ3) is 3.91. The maximum atomic E-state index is 12.6. The van der Waals surface area contributed by atoms with E-state index in [0.717, 1.165) is 44.5 Å². The van der Waals surface area contributed by atoms with Crippen LogP contribution < -0.4 is 10.6 Å². The van der Waals surface area contributed by atoms with Gasteiger partial charge in [-0.1, -0.05) is 17.7 Å². The summed E-state index contributed by atoms with van der Waals surface area (Å²) in [6.45, 7) is 5.09. The molecule has 0 spiro atoms. The van der Waals surface area contributed by atoms with Crippen molar-refractivity contribution < 1.29 is 9.59 Å². The molecule has 1 aromatic rings. The van der Waals surface area contributed by atoms with Crippen LogP contribution in [0.3, 0.4) is 0 Å². The molecule has 23 heavy (non-hydrogen) atoms. The van der Waals surface area contributed by atoms with Gasteiger partial charge in [0.25, 0.3) is 5.91 Å². The fourth-order valence-electron chi connectivity index (χ4n) is 3.35. The molecule has 2 aliphatic heterocycles. The van der Waals surface area contributed by atoms with Crippen LogP contribution in [0.4, 0.5) is 0 Å². The van der Waals surface area contributed by atoms with Crippen molar-refractivity contribution in [1.29, 1.82) is 0 Å². The first-order valence-electron chi connectivity index (χ1n) is 8.50. The molecule has 5 heteroatoms. The second-order valence-electron chi connectivity index (χ2n) is 6.65. The van der Waals surface area contributed by atoms with Crippen molar-refractivity contribution >= 4 is 11.8 Å². The Bertz CT molecular complexity index is 564.